The van der Waals surface area contributed by atoms with Gasteiger partial charge in [-0.25, -0.2) is 0 Å². The van der Waals surface area contributed by atoms with Gasteiger partial charge in [-0.15, -0.1) is 0 Å². The van der Waals surface area contributed by atoms with Gasteiger partial charge in [0.15, 0.2) is 0 Å². The first-order valence-electron chi connectivity index (χ1n) is 10.2. The molecule has 4 heteroatoms. The fourth-order valence-electron chi connectivity index (χ4n) is 3.89. The molecule has 3 N–H and O–H groups in total. The fraction of sp³-hybridized carbons (Fsp3) is 0.714. The minimum Gasteiger partial charge on any atom is -0.327 e. The standard InChI is InChI=1S/C21H35N3O/c1-2-3-4-5-6-7-8-20(22)17-9-11-18(12-10-17)21(25)24-19-13-15-23-16-14-19/h13-18,20H,2-12,22H2,1H3,(H,23,24,25)/t17?,18?,20-/m1/s1. The number of hydrogen-bond donors (Lipinski definition) is 2. The number of unbranched alkanes of at least 4 members (excludes halogenated alkanes) is 5. The summed E-state index contributed by atoms with van der Waals surface area (Å²) in [6, 6.07) is 3.98. The van der Waals surface area contributed by atoms with E-state index in [0.29, 0.717) is 12.0 Å². The summed E-state index contributed by atoms with van der Waals surface area (Å²) in [5, 5.41) is 3.00. The van der Waals surface area contributed by atoms with Crippen LogP contribution in [0.4, 0.5) is 5.69 Å². The second kappa shape index (κ2) is 11.2. The first kappa shape index (κ1) is 19.9. The van der Waals surface area contributed by atoms with Gasteiger partial charge in [0.25, 0.3) is 0 Å². The van der Waals surface area contributed by atoms with Gasteiger partial charge in [-0.1, -0.05) is 45.4 Å². The van der Waals surface area contributed by atoms with Crippen LogP contribution in [-0.4, -0.2) is 16.9 Å². The van der Waals surface area contributed by atoms with Gasteiger partial charge >= 0.3 is 0 Å². The minimum absolute atomic E-state index is 0.130. The number of carbonyl (C=O) groups is 1. The molecule has 0 bridgehead atoms. The normalized spacial score (nSPS) is 21.7. The van der Waals surface area contributed by atoms with Gasteiger partial charge in [0.05, 0.1) is 0 Å². The molecule has 1 heterocycles. The average molecular weight is 346 g/mol. The summed E-state index contributed by atoms with van der Waals surface area (Å²) < 4.78 is 0. The molecule has 0 aliphatic heterocycles. The van der Waals surface area contributed by atoms with E-state index in [0.717, 1.165) is 37.8 Å². The van der Waals surface area contributed by atoms with E-state index >= 15 is 0 Å². The summed E-state index contributed by atoms with van der Waals surface area (Å²) in [5.74, 6) is 0.875. The third-order valence-electron chi connectivity index (χ3n) is 5.59. The maximum absolute atomic E-state index is 12.4. The number of amides is 1. The molecule has 1 aliphatic carbocycles. The van der Waals surface area contributed by atoms with Crippen molar-refractivity contribution < 1.29 is 4.79 Å². The van der Waals surface area contributed by atoms with Crippen LogP contribution in [-0.2, 0) is 4.79 Å². The lowest BCUT2D eigenvalue weighted by atomic mass is 9.77. The van der Waals surface area contributed by atoms with E-state index in [-0.39, 0.29) is 11.8 Å². The van der Waals surface area contributed by atoms with Gasteiger partial charge in [-0.2, -0.15) is 0 Å². The Morgan fingerprint density at radius 2 is 1.76 bits per heavy atom. The van der Waals surface area contributed by atoms with Crippen molar-refractivity contribution in [3.63, 3.8) is 0 Å². The van der Waals surface area contributed by atoms with Gasteiger partial charge in [0, 0.05) is 30.0 Å². The van der Waals surface area contributed by atoms with E-state index in [4.69, 9.17) is 5.73 Å². The van der Waals surface area contributed by atoms with Crippen LogP contribution >= 0.6 is 0 Å². The highest BCUT2D eigenvalue weighted by Gasteiger charge is 2.29. The van der Waals surface area contributed by atoms with Crippen LogP contribution in [0.2, 0.25) is 0 Å². The lowest BCUT2D eigenvalue weighted by Gasteiger charge is -2.31. The first-order chi connectivity index (χ1) is 12.2. The largest absolute Gasteiger partial charge is 0.327 e. The zero-order chi connectivity index (χ0) is 17.9. The summed E-state index contributed by atoms with van der Waals surface area (Å²) in [6.45, 7) is 2.25. The molecule has 0 unspecified atom stereocenters. The Morgan fingerprint density at radius 1 is 1.12 bits per heavy atom. The van der Waals surface area contributed by atoms with Crippen molar-refractivity contribution in [2.24, 2.45) is 17.6 Å². The average Bonchev–Trinajstić information content (AvgIpc) is 2.65. The zero-order valence-electron chi connectivity index (χ0n) is 15.8. The van der Waals surface area contributed by atoms with Crippen molar-refractivity contribution >= 4 is 11.6 Å². The Bertz CT molecular complexity index is 483. The van der Waals surface area contributed by atoms with Gasteiger partial charge in [0.1, 0.15) is 0 Å². The molecular formula is C21H35N3O. The van der Waals surface area contributed by atoms with Gasteiger partial charge in [-0.3, -0.25) is 9.78 Å². The van der Waals surface area contributed by atoms with Crippen LogP contribution < -0.4 is 11.1 Å². The number of carbonyl (C=O) groups excluding carboxylic acids is 1. The number of anilines is 1. The van der Waals surface area contributed by atoms with Crippen LogP contribution in [0.1, 0.15) is 77.6 Å². The Kier molecular flexibility index (Phi) is 8.95. The molecule has 2 rings (SSSR count). The summed E-state index contributed by atoms with van der Waals surface area (Å²) in [7, 11) is 0. The second-order valence-corrected chi connectivity index (χ2v) is 7.56. The molecule has 1 saturated carbocycles. The highest BCUT2D eigenvalue weighted by Crippen LogP contribution is 2.32. The molecule has 1 aliphatic rings. The van der Waals surface area contributed by atoms with Crippen LogP contribution in [0.25, 0.3) is 0 Å². The molecule has 4 nitrogen and oxygen atoms in total. The van der Waals surface area contributed by atoms with Crippen molar-refractivity contribution in [2.45, 2.75) is 83.6 Å². The SMILES string of the molecule is CCCCCCCC[C@@H](N)C1CCC(C(=O)Nc2ccncc2)CC1. The van der Waals surface area contributed by atoms with Crippen LogP contribution in [0.5, 0.6) is 0 Å². The minimum atomic E-state index is 0.130. The molecule has 0 spiro atoms. The summed E-state index contributed by atoms with van der Waals surface area (Å²) >= 11 is 0. The maximum Gasteiger partial charge on any atom is 0.227 e. The predicted octanol–water partition coefficient (Wildman–Crippen LogP) is 4.90. The van der Waals surface area contributed by atoms with Crippen LogP contribution in [0, 0.1) is 11.8 Å². The van der Waals surface area contributed by atoms with Crippen molar-refractivity contribution in [1.82, 2.24) is 4.98 Å². The highest BCUT2D eigenvalue weighted by molar-refractivity contribution is 5.92. The highest BCUT2D eigenvalue weighted by atomic mass is 16.1. The third-order valence-corrected chi connectivity index (χ3v) is 5.59. The quantitative estimate of drug-likeness (QED) is 0.592. The Balaban J connectivity index is 1.62. The zero-order valence-corrected chi connectivity index (χ0v) is 15.8. The molecule has 140 valence electrons. The number of nitrogens with zero attached hydrogens (tertiary/aromatic N) is 1. The molecule has 1 aromatic heterocycles. The molecule has 1 fully saturated rings. The second-order valence-electron chi connectivity index (χ2n) is 7.56. The molecule has 0 aromatic carbocycles. The molecule has 1 aromatic rings. The van der Waals surface area contributed by atoms with E-state index in [1.165, 1.54) is 38.5 Å². The first-order valence-corrected chi connectivity index (χ1v) is 10.2. The number of hydrogen-bond acceptors (Lipinski definition) is 3. The lowest BCUT2D eigenvalue weighted by Crippen LogP contribution is -2.35. The van der Waals surface area contributed by atoms with Crippen molar-refractivity contribution in [3.05, 3.63) is 24.5 Å². The number of aromatic nitrogens is 1. The Labute approximate surface area is 153 Å². The van der Waals surface area contributed by atoms with E-state index in [1.807, 2.05) is 12.1 Å². The summed E-state index contributed by atoms with van der Waals surface area (Å²) in [5.41, 5.74) is 7.26. The fourth-order valence-corrected chi connectivity index (χ4v) is 3.89. The van der Waals surface area contributed by atoms with E-state index in [1.54, 1.807) is 12.4 Å². The third kappa shape index (κ3) is 7.15. The number of pyridine rings is 1. The number of nitrogens with two attached hydrogens (primary N) is 1. The molecular weight excluding hydrogens is 310 g/mol. The summed E-state index contributed by atoms with van der Waals surface area (Å²) in [6.07, 6.45) is 16.6. The van der Waals surface area contributed by atoms with Gasteiger partial charge in [0.2, 0.25) is 5.91 Å². The molecule has 0 saturated heterocycles. The summed E-state index contributed by atoms with van der Waals surface area (Å²) in [4.78, 5) is 16.4. The van der Waals surface area contributed by atoms with Crippen molar-refractivity contribution in [3.8, 4) is 0 Å². The van der Waals surface area contributed by atoms with Crippen LogP contribution in [0.3, 0.4) is 0 Å². The smallest absolute Gasteiger partial charge is 0.227 e. The lowest BCUT2D eigenvalue weighted by molar-refractivity contribution is -0.121. The molecule has 0 radical (unpaired) electrons. The van der Waals surface area contributed by atoms with Crippen molar-refractivity contribution in [2.75, 3.05) is 5.32 Å². The monoisotopic (exact) mass is 345 g/mol. The van der Waals surface area contributed by atoms with Gasteiger partial charge in [-0.05, 0) is 50.2 Å². The Hall–Kier alpha value is -1.42. The Morgan fingerprint density at radius 3 is 2.44 bits per heavy atom. The number of nitrogens with one attached hydrogen (secondary N) is 1. The molecule has 25 heavy (non-hydrogen) atoms. The van der Waals surface area contributed by atoms with E-state index in [2.05, 4.69) is 17.2 Å². The number of rotatable bonds is 10. The molecule has 1 amide bonds. The maximum atomic E-state index is 12.4. The topological polar surface area (TPSA) is 68.0 Å². The van der Waals surface area contributed by atoms with E-state index in [9.17, 15) is 4.79 Å². The predicted molar refractivity (Wildman–Crippen MR) is 104 cm³/mol. The van der Waals surface area contributed by atoms with Gasteiger partial charge < -0.3 is 11.1 Å². The van der Waals surface area contributed by atoms with Crippen molar-refractivity contribution in [1.29, 1.82) is 0 Å². The van der Waals surface area contributed by atoms with Crippen LogP contribution in [0.15, 0.2) is 24.5 Å². The van der Waals surface area contributed by atoms with E-state index < -0.39 is 0 Å². The molecule has 1 atom stereocenters.